The summed E-state index contributed by atoms with van der Waals surface area (Å²) in [5.41, 5.74) is 3.04. The van der Waals surface area contributed by atoms with Crippen LogP contribution in [0.15, 0.2) is 42.5 Å². The summed E-state index contributed by atoms with van der Waals surface area (Å²) in [7, 11) is 0. The number of anilines is 3. The number of carbonyl (C=O) groups excluding carboxylic acids is 4. The van der Waals surface area contributed by atoms with Crippen LogP contribution in [0.25, 0.3) is 0 Å². The van der Waals surface area contributed by atoms with Crippen LogP contribution in [0.1, 0.15) is 46.4 Å². The standard InChI is InChI=1S/C24H24N4O5/c29-17-9-11-27(12-10-17)16-4-1-14(2-5-16)25-15-3-6-18-19(13-15)24(33)28(23(18)32)20-7-8-21(30)26-22(20)31/h1-6,13,17,20,25,29H,7-12H2,(H,26,30,31). The highest BCUT2D eigenvalue weighted by atomic mass is 16.3. The third-order valence-corrected chi connectivity index (χ3v) is 6.43. The SMILES string of the molecule is O=C1CCC(N2C(=O)c3ccc(Nc4ccc(N5CCC(O)CC5)cc4)cc3C2=O)C(=O)N1. The van der Waals surface area contributed by atoms with Crippen LogP contribution < -0.4 is 15.5 Å². The largest absolute Gasteiger partial charge is 0.393 e. The number of amides is 4. The number of nitrogens with one attached hydrogen (secondary N) is 2. The second-order valence-electron chi connectivity index (χ2n) is 8.60. The quantitative estimate of drug-likeness (QED) is 0.610. The molecule has 9 nitrogen and oxygen atoms in total. The van der Waals surface area contributed by atoms with Gasteiger partial charge in [0, 0.05) is 36.6 Å². The highest BCUT2D eigenvalue weighted by molar-refractivity contribution is 6.23. The van der Waals surface area contributed by atoms with Gasteiger partial charge in [0.15, 0.2) is 0 Å². The van der Waals surface area contributed by atoms with Gasteiger partial charge in [-0.2, -0.15) is 0 Å². The van der Waals surface area contributed by atoms with Gasteiger partial charge in [-0.15, -0.1) is 0 Å². The van der Waals surface area contributed by atoms with E-state index in [2.05, 4.69) is 15.5 Å². The normalized spacial score (nSPS) is 21.3. The van der Waals surface area contributed by atoms with E-state index in [9.17, 15) is 24.3 Å². The number of hydrogen-bond donors (Lipinski definition) is 3. The predicted molar refractivity (Wildman–Crippen MR) is 120 cm³/mol. The molecule has 0 saturated carbocycles. The van der Waals surface area contributed by atoms with Crippen molar-refractivity contribution in [1.82, 2.24) is 10.2 Å². The smallest absolute Gasteiger partial charge is 0.262 e. The Morgan fingerprint density at radius 1 is 0.848 bits per heavy atom. The van der Waals surface area contributed by atoms with Gasteiger partial charge in [0.25, 0.3) is 11.8 Å². The van der Waals surface area contributed by atoms with Crippen LogP contribution in [0.2, 0.25) is 0 Å². The lowest BCUT2D eigenvalue weighted by Crippen LogP contribution is -2.54. The van der Waals surface area contributed by atoms with E-state index in [0.29, 0.717) is 5.69 Å². The maximum Gasteiger partial charge on any atom is 0.262 e. The Labute approximate surface area is 190 Å². The van der Waals surface area contributed by atoms with E-state index in [1.807, 2.05) is 24.3 Å². The minimum atomic E-state index is -0.977. The maximum atomic E-state index is 13.0. The Hall–Kier alpha value is -3.72. The highest BCUT2D eigenvalue weighted by Crippen LogP contribution is 2.31. The number of aliphatic hydroxyl groups excluding tert-OH is 1. The summed E-state index contributed by atoms with van der Waals surface area (Å²) in [6.07, 6.45) is 1.52. The van der Waals surface area contributed by atoms with Gasteiger partial charge >= 0.3 is 0 Å². The molecule has 0 radical (unpaired) electrons. The number of hydrogen-bond acceptors (Lipinski definition) is 7. The van der Waals surface area contributed by atoms with E-state index in [1.165, 1.54) is 0 Å². The molecular formula is C24H24N4O5. The molecule has 1 atom stereocenters. The Balaban J connectivity index is 1.30. The van der Waals surface area contributed by atoms with Crippen molar-refractivity contribution < 1.29 is 24.3 Å². The van der Waals surface area contributed by atoms with Gasteiger partial charge < -0.3 is 15.3 Å². The molecule has 3 aliphatic rings. The van der Waals surface area contributed by atoms with Gasteiger partial charge in [-0.25, -0.2) is 0 Å². The third kappa shape index (κ3) is 3.95. The first-order chi connectivity index (χ1) is 15.9. The van der Waals surface area contributed by atoms with Gasteiger partial charge in [0.05, 0.1) is 17.2 Å². The van der Waals surface area contributed by atoms with Crippen molar-refractivity contribution in [1.29, 1.82) is 0 Å². The van der Waals surface area contributed by atoms with Gasteiger partial charge in [-0.05, 0) is 61.7 Å². The fraction of sp³-hybridized carbons (Fsp3) is 0.333. The summed E-state index contributed by atoms with van der Waals surface area (Å²) >= 11 is 0. The van der Waals surface area contributed by atoms with Crippen LogP contribution in [0, 0.1) is 0 Å². The molecule has 2 saturated heterocycles. The van der Waals surface area contributed by atoms with Crippen LogP contribution >= 0.6 is 0 Å². The second kappa shape index (κ2) is 8.32. The Morgan fingerprint density at radius 2 is 1.52 bits per heavy atom. The average molecular weight is 448 g/mol. The topological polar surface area (TPSA) is 119 Å². The van der Waals surface area contributed by atoms with Crippen LogP contribution in [-0.4, -0.2) is 58.9 Å². The molecule has 2 aromatic rings. The van der Waals surface area contributed by atoms with Crippen molar-refractivity contribution in [3.8, 4) is 0 Å². The van der Waals surface area contributed by atoms with Crippen LogP contribution in [0.5, 0.6) is 0 Å². The minimum absolute atomic E-state index is 0.0879. The number of nitrogens with zero attached hydrogens (tertiary/aromatic N) is 2. The molecular weight excluding hydrogens is 424 g/mol. The molecule has 0 bridgehead atoms. The van der Waals surface area contributed by atoms with Crippen LogP contribution in [0.3, 0.4) is 0 Å². The molecule has 170 valence electrons. The number of aliphatic hydroxyl groups is 1. The van der Waals surface area contributed by atoms with E-state index in [-0.39, 0.29) is 30.1 Å². The Morgan fingerprint density at radius 3 is 2.21 bits per heavy atom. The molecule has 3 heterocycles. The predicted octanol–water partition coefficient (Wildman–Crippen LogP) is 1.79. The van der Waals surface area contributed by atoms with Gasteiger partial charge in [-0.3, -0.25) is 29.4 Å². The molecule has 0 spiro atoms. The highest BCUT2D eigenvalue weighted by Gasteiger charge is 2.44. The number of rotatable bonds is 4. The molecule has 33 heavy (non-hydrogen) atoms. The van der Waals surface area contributed by atoms with Crippen molar-refractivity contribution in [3.63, 3.8) is 0 Å². The first-order valence-electron chi connectivity index (χ1n) is 11.1. The molecule has 3 N–H and O–H groups in total. The maximum absolute atomic E-state index is 13.0. The average Bonchev–Trinajstić information content (AvgIpc) is 3.05. The fourth-order valence-corrected chi connectivity index (χ4v) is 4.60. The molecule has 4 amide bonds. The number of benzene rings is 2. The van der Waals surface area contributed by atoms with Crippen LogP contribution in [-0.2, 0) is 9.59 Å². The van der Waals surface area contributed by atoms with E-state index in [0.717, 1.165) is 42.2 Å². The van der Waals surface area contributed by atoms with Crippen molar-refractivity contribution in [2.75, 3.05) is 23.3 Å². The van der Waals surface area contributed by atoms with Crippen molar-refractivity contribution in [3.05, 3.63) is 53.6 Å². The zero-order chi connectivity index (χ0) is 23.1. The summed E-state index contributed by atoms with van der Waals surface area (Å²) in [4.78, 5) is 52.6. The van der Waals surface area contributed by atoms with Crippen LogP contribution in [0.4, 0.5) is 17.1 Å². The van der Waals surface area contributed by atoms with E-state index in [1.54, 1.807) is 18.2 Å². The van der Waals surface area contributed by atoms with Crippen molar-refractivity contribution >= 4 is 40.7 Å². The third-order valence-electron chi connectivity index (χ3n) is 6.43. The number of fused-ring (bicyclic) bond motifs is 1. The zero-order valence-corrected chi connectivity index (χ0v) is 17.9. The van der Waals surface area contributed by atoms with Gasteiger partial charge in [0.2, 0.25) is 11.8 Å². The summed E-state index contributed by atoms with van der Waals surface area (Å²) in [6, 6.07) is 11.8. The summed E-state index contributed by atoms with van der Waals surface area (Å²) in [5, 5.41) is 15.1. The molecule has 1 unspecified atom stereocenters. The first-order valence-corrected chi connectivity index (χ1v) is 11.1. The Bertz CT molecular complexity index is 1140. The molecule has 9 heteroatoms. The summed E-state index contributed by atoms with van der Waals surface area (Å²) < 4.78 is 0. The zero-order valence-electron chi connectivity index (χ0n) is 17.9. The molecule has 2 fully saturated rings. The molecule has 0 aliphatic carbocycles. The lowest BCUT2D eigenvalue weighted by atomic mass is 10.0. The van der Waals surface area contributed by atoms with E-state index < -0.39 is 29.7 Å². The van der Waals surface area contributed by atoms with Gasteiger partial charge in [0.1, 0.15) is 6.04 Å². The number of imide groups is 2. The lowest BCUT2D eigenvalue weighted by molar-refractivity contribution is -0.136. The second-order valence-corrected chi connectivity index (χ2v) is 8.60. The molecule has 3 aliphatic heterocycles. The molecule has 0 aromatic heterocycles. The summed E-state index contributed by atoms with van der Waals surface area (Å²) in [5.74, 6) is -2.08. The monoisotopic (exact) mass is 448 g/mol. The molecule has 5 rings (SSSR count). The lowest BCUT2D eigenvalue weighted by Gasteiger charge is -2.31. The summed E-state index contributed by atoms with van der Waals surface area (Å²) in [6.45, 7) is 1.64. The number of carbonyl (C=O) groups is 4. The fourth-order valence-electron chi connectivity index (χ4n) is 4.60. The minimum Gasteiger partial charge on any atom is -0.393 e. The Kier molecular flexibility index (Phi) is 5.33. The van der Waals surface area contributed by atoms with Gasteiger partial charge in [-0.1, -0.05) is 0 Å². The van der Waals surface area contributed by atoms with Crippen molar-refractivity contribution in [2.24, 2.45) is 0 Å². The first kappa shape index (κ1) is 21.1. The molecule has 2 aromatic carbocycles. The van der Waals surface area contributed by atoms with E-state index >= 15 is 0 Å². The van der Waals surface area contributed by atoms with E-state index in [4.69, 9.17) is 0 Å². The number of piperidine rings is 2. The van der Waals surface area contributed by atoms with Crippen molar-refractivity contribution in [2.45, 2.75) is 37.8 Å².